The Labute approximate surface area is 87.4 Å². The molecule has 68 valence electrons. The maximum atomic E-state index is 3.66. The molecule has 0 aromatic heterocycles. The molecule has 0 aromatic carbocycles. The Morgan fingerprint density at radius 3 is 1.55 bits per heavy atom. The van der Waals surface area contributed by atoms with E-state index in [1.165, 1.54) is 0 Å². The van der Waals surface area contributed by atoms with Gasteiger partial charge in [0.05, 0.1) is 0 Å². The van der Waals surface area contributed by atoms with E-state index in [0.717, 1.165) is 0 Å². The Morgan fingerprint density at radius 1 is 1.18 bits per heavy atom. The largest absolute Gasteiger partial charge is 0.302 e. The molecular formula is C7H17Br2NSi. The van der Waals surface area contributed by atoms with Gasteiger partial charge < -0.3 is 4.57 Å². The number of hydrogen-bond donors (Lipinski definition) is 0. The fraction of sp³-hybridized carbons (Fsp3) is 1.00. The van der Waals surface area contributed by atoms with Gasteiger partial charge in [-0.05, 0) is 26.8 Å². The lowest BCUT2D eigenvalue weighted by Crippen LogP contribution is -2.49. The van der Waals surface area contributed by atoms with Gasteiger partial charge in [-0.2, -0.15) is 0 Å². The van der Waals surface area contributed by atoms with E-state index in [-0.39, 0.29) is 5.54 Å². The van der Waals surface area contributed by atoms with E-state index in [4.69, 9.17) is 0 Å². The molecule has 0 saturated carbocycles. The zero-order chi connectivity index (χ0) is 9.23. The minimum absolute atomic E-state index is 0.262. The van der Waals surface area contributed by atoms with Crippen molar-refractivity contribution in [3.8, 4) is 0 Å². The van der Waals surface area contributed by atoms with Gasteiger partial charge in [0, 0.05) is 5.54 Å². The van der Waals surface area contributed by atoms with Crippen LogP contribution in [0.2, 0.25) is 0 Å². The molecule has 0 amide bonds. The van der Waals surface area contributed by atoms with Gasteiger partial charge in [-0.15, -0.1) is 0 Å². The second kappa shape index (κ2) is 4.39. The summed E-state index contributed by atoms with van der Waals surface area (Å²) in [5.41, 5.74) is 0.262. The van der Waals surface area contributed by atoms with Crippen LogP contribution in [0, 0.1) is 0 Å². The lowest BCUT2D eigenvalue weighted by atomic mass is 10.1. The van der Waals surface area contributed by atoms with Crippen molar-refractivity contribution in [2.45, 2.75) is 46.2 Å². The SMILES string of the molecule is CC(C)N([SiH](Br)Br)C(C)(C)C. The molecule has 0 aromatic rings. The lowest BCUT2D eigenvalue weighted by molar-refractivity contribution is 0.215. The van der Waals surface area contributed by atoms with E-state index in [9.17, 15) is 0 Å². The fourth-order valence-electron chi connectivity index (χ4n) is 1.29. The lowest BCUT2D eigenvalue weighted by Gasteiger charge is -2.40. The van der Waals surface area contributed by atoms with Gasteiger partial charge in [-0.3, -0.25) is 0 Å². The van der Waals surface area contributed by atoms with Gasteiger partial charge in [0.2, 0.25) is 0 Å². The number of nitrogens with zero attached hydrogens (tertiary/aromatic N) is 1. The molecule has 0 heterocycles. The predicted octanol–water partition coefficient (Wildman–Crippen LogP) is 3.00. The quantitative estimate of drug-likeness (QED) is 0.560. The summed E-state index contributed by atoms with van der Waals surface area (Å²) >= 11 is 7.32. The zero-order valence-electron chi connectivity index (χ0n) is 7.86. The van der Waals surface area contributed by atoms with Gasteiger partial charge in [0.15, 0.2) is 0 Å². The summed E-state index contributed by atoms with van der Waals surface area (Å²) in [5.74, 6) is 0. The Morgan fingerprint density at radius 2 is 1.55 bits per heavy atom. The molecule has 1 nitrogen and oxygen atoms in total. The van der Waals surface area contributed by atoms with Crippen molar-refractivity contribution < 1.29 is 0 Å². The molecule has 0 saturated heterocycles. The Kier molecular flexibility index (Phi) is 4.85. The summed E-state index contributed by atoms with van der Waals surface area (Å²) in [6.45, 7) is 11.2. The van der Waals surface area contributed by atoms with Crippen LogP contribution in [-0.2, 0) is 0 Å². The number of hydrogen-bond acceptors (Lipinski definition) is 1. The van der Waals surface area contributed by atoms with Gasteiger partial charge in [-0.25, -0.2) is 0 Å². The third-order valence-corrected chi connectivity index (χ3v) is 5.98. The molecule has 0 rings (SSSR count). The molecule has 0 aliphatic rings. The monoisotopic (exact) mass is 301 g/mol. The van der Waals surface area contributed by atoms with Crippen molar-refractivity contribution in [3.63, 3.8) is 0 Å². The summed E-state index contributed by atoms with van der Waals surface area (Å²) in [6, 6.07) is 0.602. The van der Waals surface area contributed by atoms with Gasteiger partial charge >= 0.3 is 0 Å². The third kappa shape index (κ3) is 4.06. The fourth-order valence-corrected chi connectivity index (χ4v) is 8.85. The molecule has 11 heavy (non-hydrogen) atoms. The molecule has 0 spiro atoms. The highest BCUT2D eigenvalue weighted by atomic mass is 79.9. The Bertz CT molecular complexity index is 112. The van der Waals surface area contributed by atoms with Crippen molar-refractivity contribution in [2.24, 2.45) is 0 Å². The van der Waals surface area contributed by atoms with Crippen molar-refractivity contribution in [1.82, 2.24) is 4.57 Å². The topological polar surface area (TPSA) is 3.24 Å². The highest BCUT2D eigenvalue weighted by Gasteiger charge is 2.28. The smallest absolute Gasteiger partial charge is 0.258 e. The van der Waals surface area contributed by atoms with Crippen LogP contribution < -0.4 is 0 Å². The molecule has 0 fully saturated rings. The van der Waals surface area contributed by atoms with Gasteiger partial charge in [0.25, 0.3) is 6.20 Å². The predicted molar refractivity (Wildman–Crippen MR) is 61.7 cm³/mol. The minimum Gasteiger partial charge on any atom is -0.302 e. The van der Waals surface area contributed by atoms with Crippen LogP contribution in [-0.4, -0.2) is 22.3 Å². The first kappa shape index (κ1) is 12.1. The van der Waals surface area contributed by atoms with E-state index in [2.05, 4.69) is 69.8 Å². The summed E-state index contributed by atoms with van der Waals surface area (Å²) in [6.07, 6.45) is -1.01. The maximum absolute atomic E-state index is 3.66. The number of halogens is 2. The normalized spacial score (nSPS) is 13.6. The van der Waals surface area contributed by atoms with Crippen LogP contribution in [0.1, 0.15) is 34.6 Å². The van der Waals surface area contributed by atoms with E-state index in [0.29, 0.717) is 6.04 Å². The number of rotatable bonds is 2. The van der Waals surface area contributed by atoms with E-state index < -0.39 is 6.20 Å². The highest BCUT2D eigenvalue weighted by molar-refractivity contribution is 9.48. The Hall–Kier alpha value is 1.14. The molecule has 0 aliphatic carbocycles. The standard InChI is InChI=1S/C7H17Br2NSi/c1-6(2)10(11(8)9)7(3,4)5/h6,11H,1-5H3. The van der Waals surface area contributed by atoms with Gasteiger partial charge in [-0.1, -0.05) is 44.4 Å². The molecule has 0 radical (unpaired) electrons. The van der Waals surface area contributed by atoms with Crippen molar-refractivity contribution in [2.75, 3.05) is 0 Å². The zero-order valence-corrected chi connectivity index (χ0v) is 12.2. The Balaban J connectivity index is 4.35. The second-order valence-electron chi connectivity index (χ2n) is 3.95. The van der Waals surface area contributed by atoms with Crippen LogP contribution >= 0.6 is 30.6 Å². The maximum Gasteiger partial charge on any atom is 0.258 e. The summed E-state index contributed by atoms with van der Waals surface area (Å²) in [7, 11) is 0. The molecule has 0 bridgehead atoms. The van der Waals surface area contributed by atoms with E-state index in [1.807, 2.05) is 0 Å². The van der Waals surface area contributed by atoms with Crippen LogP contribution in [0.5, 0.6) is 0 Å². The van der Waals surface area contributed by atoms with Crippen LogP contribution in [0.25, 0.3) is 0 Å². The third-order valence-electron chi connectivity index (χ3n) is 1.54. The molecule has 0 atom stereocenters. The van der Waals surface area contributed by atoms with Gasteiger partial charge in [0.1, 0.15) is 0 Å². The van der Waals surface area contributed by atoms with Crippen molar-refractivity contribution in [3.05, 3.63) is 0 Å². The average Bonchev–Trinajstić information content (AvgIpc) is 1.54. The van der Waals surface area contributed by atoms with Crippen molar-refractivity contribution >= 4 is 36.8 Å². The molecular weight excluding hydrogens is 286 g/mol. The molecule has 0 aliphatic heterocycles. The first-order valence-electron chi connectivity index (χ1n) is 3.83. The summed E-state index contributed by atoms with van der Waals surface area (Å²) < 4.78 is 2.49. The second-order valence-corrected chi connectivity index (χ2v) is 14.0. The molecule has 0 N–H and O–H groups in total. The van der Waals surface area contributed by atoms with E-state index in [1.54, 1.807) is 0 Å². The first-order chi connectivity index (χ1) is 4.76. The molecule has 4 heteroatoms. The van der Waals surface area contributed by atoms with E-state index >= 15 is 0 Å². The van der Waals surface area contributed by atoms with Crippen LogP contribution in [0.4, 0.5) is 0 Å². The van der Waals surface area contributed by atoms with Crippen LogP contribution in [0.15, 0.2) is 0 Å². The highest BCUT2D eigenvalue weighted by Crippen LogP contribution is 2.23. The molecule has 0 unspecified atom stereocenters. The summed E-state index contributed by atoms with van der Waals surface area (Å²) in [5, 5.41) is 0. The minimum atomic E-state index is -1.01. The average molecular weight is 303 g/mol. The van der Waals surface area contributed by atoms with Crippen molar-refractivity contribution in [1.29, 1.82) is 0 Å². The summed E-state index contributed by atoms with van der Waals surface area (Å²) in [4.78, 5) is 0. The van der Waals surface area contributed by atoms with Crippen LogP contribution in [0.3, 0.4) is 0 Å². The first-order valence-corrected chi connectivity index (χ1v) is 10.7.